The number of carbonyl (C=O) groups excluding carboxylic acids is 2. The van der Waals surface area contributed by atoms with Crippen molar-refractivity contribution in [3.8, 4) is 0 Å². The van der Waals surface area contributed by atoms with Crippen molar-refractivity contribution in [1.82, 2.24) is 93.5 Å². The minimum absolute atomic E-state index is 0.00686. The van der Waals surface area contributed by atoms with Crippen LogP contribution >= 0.6 is 34.8 Å². The molecule has 21 nitrogen and oxygen atoms in total. The van der Waals surface area contributed by atoms with Crippen LogP contribution in [0.1, 0.15) is 136 Å². The third-order valence-electron chi connectivity index (χ3n) is 14.4. The monoisotopic (exact) mass is 1130 g/mol. The zero-order chi connectivity index (χ0) is 54.1. The van der Waals surface area contributed by atoms with E-state index in [4.69, 9.17) is 44.9 Å². The molecule has 79 heavy (non-hydrogen) atoms. The molecule has 408 valence electrons. The number of ketones is 1. The third-order valence-corrected chi connectivity index (χ3v) is 15.3. The highest BCUT2D eigenvalue weighted by Gasteiger charge is 2.29. The summed E-state index contributed by atoms with van der Waals surface area (Å²) in [5.41, 5.74) is 9.10. The second-order valence-electron chi connectivity index (χ2n) is 20.4. The van der Waals surface area contributed by atoms with Crippen molar-refractivity contribution in [2.45, 2.75) is 108 Å². The smallest absolute Gasteiger partial charge is 0.273 e. The number of carbonyl (C=O) groups is 2. The Hall–Kier alpha value is -7.31. The minimum Gasteiger partial charge on any atom is -0.345 e. The Morgan fingerprint density at radius 3 is 1.80 bits per heavy atom. The molecule has 0 unspecified atom stereocenters. The fourth-order valence-electron chi connectivity index (χ4n) is 9.96. The van der Waals surface area contributed by atoms with Crippen LogP contribution < -0.4 is 10.6 Å². The molecule has 2 aliphatic heterocycles. The van der Waals surface area contributed by atoms with E-state index in [-0.39, 0.29) is 57.6 Å². The lowest BCUT2D eigenvalue weighted by Gasteiger charge is -2.15. The lowest BCUT2D eigenvalue weighted by Crippen LogP contribution is -2.23. The molecule has 2 saturated heterocycles. The standard InChI is InChI=1S/C26H26ClFN10O.C23H19Cl2FN8O.C4H9N/c27-19-5-8-36-15-30-21(24(36)23(19)28)10-29-26(39)22-14-37(34-32-22)12-18-13-38-25(31-18)17(11-35-6-1-2-7-35)9-20(33-38)16-3-4-16;24-8-14-7-18(13-1-2-13)30-34-10-15(28-23(14)34)9-33-11-19(29-31-33)20(35)4-3-17-22-21(26)16(25)5-6-32(22)12-27-17;1-2-4-5-3-1/h5,8-9,13-16H,1-4,6-7,10-12H2,(H,29,39);5-7,10-13H,1-4,8-9H2;5H,1-4H2. The van der Waals surface area contributed by atoms with Crippen molar-refractivity contribution >= 4 is 68.8 Å². The molecule has 0 bridgehead atoms. The van der Waals surface area contributed by atoms with Gasteiger partial charge in [-0.3, -0.25) is 14.5 Å². The van der Waals surface area contributed by atoms with Gasteiger partial charge in [-0.15, -0.1) is 21.8 Å². The number of amides is 1. The Labute approximate surface area is 465 Å². The largest absolute Gasteiger partial charge is 0.345 e. The number of likely N-dealkylation sites (tertiary alicyclic amines) is 1. The van der Waals surface area contributed by atoms with E-state index in [1.807, 2.05) is 23.0 Å². The summed E-state index contributed by atoms with van der Waals surface area (Å²) in [6.07, 6.45) is 23.4. The van der Waals surface area contributed by atoms with Crippen molar-refractivity contribution in [2.75, 3.05) is 26.2 Å². The van der Waals surface area contributed by atoms with E-state index in [0.717, 1.165) is 72.1 Å². The highest BCUT2D eigenvalue weighted by molar-refractivity contribution is 6.31. The van der Waals surface area contributed by atoms with Crippen LogP contribution in [0, 0.1) is 11.6 Å². The second kappa shape index (κ2) is 22.8. The average Bonchev–Trinajstić information content (AvgIpc) is 4.15. The molecule has 14 rings (SSSR count). The number of nitrogens with one attached hydrogen (secondary N) is 2. The number of aromatic nitrogens is 16. The van der Waals surface area contributed by atoms with Crippen LogP contribution in [-0.4, -0.2) is 121 Å². The van der Waals surface area contributed by atoms with Gasteiger partial charge < -0.3 is 19.4 Å². The number of nitrogens with zero attached hydrogens (tertiary/aromatic N) is 17. The van der Waals surface area contributed by atoms with Crippen LogP contribution in [0.3, 0.4) is 0 Å². The van der Waals surface area contributed by atoms with Gasteiger partial charge in [0.1, 0.15) is 16.7 Å². The molecule has 26 heteroatoms. The maximum Gasteiger partial charge on any atom is 0.273 e. The first kappa shape index (κ1) is 52.4. The zero-order valence-electron chi connectivity index (χ0n) is 42.8. The van der Waals surface area contributed by atoms with Gasteiger partial charge in [-0.05, 0) is 108 Å². The summed E-state index contributed by atoms with van der Waals surface area (Å²) in [5, 5.41) is 31.7. The van der Waals surface area contributed by atoms with E-state index >= 15 is 0 Å². The van der Waals surface area contributed by atoms with Gasteiger partial charge in [0.25, 0.3) is 5.91 Å². The number of pyridine rings is 2. The number of hydrogen-bond acceptors (Lipinski definition) is 14. The van der Waals surface area contributed by atoms with E-state index in [0.29, 0.717) is 42.2 Å². The van der Waals surface area contributed by atoms with E-state index in [1.54, 1.807) is 43.1 Å². The third kappa shape index (κ3) is 11.7. The quantitative estimate of drug-likeness (QED) is 0.0697. The molecule has 10 aromatic rings. The molecule has 0 radical (unpaired) electrons. The number of fused-ring (bicyclic) bond motifs is 4. The molecule has 1 amide bonds. The number of halogens is 5. The highest BCUT2D eigenvalue weighted by atomic mass is 35.5. The first-order valence-corrected chi connectivity index (χ1v) is 27.8. The molecule has 2 N–H and O–H groups in total. The molecule has 12 heterocycles. The first-order chi connectivity index (χ1) is 38.5. The Morgan fingerprint density at radius 2 is 1.23 bits per heavy atom. The van der Waals surface area contributed by atoms with Crippen molar-refractivity contribution in [3.05, 3.63) is 152 Å². The van der Waals surface area contributed by atoms with E-state index in [1.165, 1.54) is 86.4 Å². The summed E-state index contributed by atoms with van der Waals surface area (Å²) >= 11 is 17.9. The van der Waals surface area contributed by atoms with Crippen LogP contribution in [0.2, 0.25) is 10.0 Å². The van der Waals surface area contributed by atoms with Gasteiger partial charge in [0.05, 0.1) is 107 Å². The summed E-state index contributed by atoms with van der Waals surface area (Å²) < 4.78 is 38.7. The minimum atomic E-state index is -0.582. The second-order valence-corrected chi connectivity index (χ2v) is 21.5. The van der Waals surface area contributed by atoms with Crippen molar-refractivity contribution in [2.24, 2.45) is 0 Å². The lowest BCUT2D eigenvalue weighted by molar-refractivity contribution is 0.0943. The van der Waals surface area contributed by atoms with Gasteiger partial charge in [-0.1, -0.05) is 33.6 Å². The molecule has 2 saturated carbocycles. The molecule has 4 aliphatic rings. The zero-order valence-corrected chi connectivity index (χ0v) is 45.1. The predicted octanol–water partition coefficient (Wildman–Crippen LogP) is 7.82. The number of aryl methyl sites for hydroxylation is 1. The molecular weight excluding hydrogens is 1080 g/mol. The SMILES string of the molecule is C1CCNC1.O=C(CCc1ncn2ccc(Cl)c(F)c12)c1cn(Cc2cn3nc(C4CC4)cc(CCl)c3n2)nn1.O=C(NCc1ncn2ccc(Cl)c(F)c12)c1cn(Cc2cn3nc(C4CC4)cc(CN4CCCC4)c3n2)nn1. The van der Waals surface area contributed by atoms with Crippen molar-refractivity contribution in [3.63, 3.8) is 0 Å². The Kier molecular flexibility index (Phi) is 15.1. The van der Waals surface area contributed by atoms with Gasteiger partial charge >= 0.3 is 0 Å². The van der Waals surface area contributed by atoms with Gasteiger partial charge in [0.2, 0.25) is 0 Å². The summed E-state index contributed by atoms with van der Waals surface area (Å²) in [6, 6.07) is 7.17. The normalized spacial score (nSPS) is 15.6. The van der Waals surface area contributed by atoms with E-state index < -0.39 is 17.5 Å². The molecule has 0 spiro atoms. The van der Waals surface area contributed by atoms with E-state index in [2.05, 4.69) is 62.3 Å². The van der Waals surface area contributed by atoms with Gasteiger partial charge in [-0.2, -0.15) is 10.2 Å². The van der Waals surface area contributed by atoms with Crippen LogP contribution in [0.25, 0.3) is 22.3 Å². The number of alkyl halides is 1. The Morgan fingerprint density at radius 1 is 0.684 bits per heavy atom. The van der Waals surface area contributed by atoms with Crippen molar-refractivity contribution < 1.29 is 18.4 Å². The molecule has 2 aliphatic carbocycles. The topological polar surface area (TPSA) is 218 Å². The number of imidazole rings is 4. The summed E-state index contributed by atoms with van der Waals surface area (Å²) in [6.45, 7) is 6.30. The highest BCUT2D eigenvalue weighted by Crippen LogP contribution is 2.40. The molecule has 0 atom stereocenters. The fourth-order valence-corrected chi connectivity index (χ4v) is 10.5. The number of Topliss-reactive ketones (excluding diaryl/α,β-unsaturated/α-hetero) is 1. The van der Waals surface area contributed by atoms with Crippen LogP contribution in [0.4, 0.5) is 8.78 Å². The number of hydrogen-bond donors (Lipinski definition) is 2. The van der Waals surface area contributed by atoms with Gasteiger partial charge in [0, 0.05) is 48.3 Å². The van der Waals surface area contributed by atoms with Crippen LogP contribution in [0.15, 0.2) is 74.1 Å². The predicted molar refractivity (Wildman–Crippen MR) is 288 cm³/mol. The summed E-state index contributed by atoms with van der Waals surface area (Å²) in [7, 11) is 0. The van der Waals surface area contributed by atoms with Crippen LogP contribution in [-0.2, 0) is 38.5 Å². The number of rotatable bonds is 16. The maximum atomic E-state index is 14.5. The van der Waals surface area contributed by atoms with Crippen LogP contribution in [0.5, 0.6) is 0 Å². The van der Waals surface area contributed by atoms with Gasteiger partial charge in [0.15, 0.2) is 34.4 Å². The average molecular weight is 1130 g/mol. The molecule has 4 fully saturated rings. The molecular formula is C53H54Cl3F2N19O2. The summed E-state index contributed by atoms with van der Waals surface area (Å²) in [5.74, 6) is -0.386. The molecule has 10 aromatic heterocycles. The Balaban J connectivity index is 0.000000145. The van der Waals surface area contributed by atoms with E-state index in [9.17, 15) is 18.4 Å². The first-order valence-electron chi connectivity index (χ1n) is 26.5. The molecule has 0 aromatic carbocycles. The fraction of sp³-hybridized carbons (Fsp3) is 0.396. The summed E-state index contributed by atoms with van der Waals surface area (Å²) in [4.78, 5) is 45.9. The van der Waals surface area contributed by atoms with Gasteiger partial charge in [-0.25, -0.2) is 47.1 Å². The van der Waals surface area contributed by atoms with Crippen molar-refractivity contribution in [1.29, 1.82) is 0 Å². The Bertz CT molecular complexity index is 3860. The maximum absolute atomic E-state index is 14.5. The lowest BCUT2D eigenvalue weighted by atomic mass is 10.1.